The topological polar surface area (TPSA) is 12.0 Å². The minimum absolute atomic E-state index is 0.0785. The Hall–Kier alpha value is -0.790. The van der Waals surface area contributed by atoms with Crippen molar-refractivity contribution in [3.05, 3.63) is 40.9 Å². The lowest BCUT2D eigenvalue weighted by molar-refractivity contribution is 0.434. The number of nitrogens with one attached hydrogen (secondary N) is 1. The molecule has 1 aliphatic heterocycles. The molecule has 0 radical (unpaired) electrons. The van der Waals surface area contributed by atoms with Crippen LogP contribution in [0, 0.1) is 0 Å². The molecule has 1 aromatic carbocycles. The van der Waals surface area contributed by atoms with E-state index >= 15 is 0 Å². The van der Waals surface area contributed by atoms with Gasteiger partial charge in [-0.05, 0) is 62.6 Å². The summed E-state index contributed by atoms with van der Waals surface area (Å²) in [4.78, 5) is 0. The molecular weight excluding hydrogens is 218 g/mol. The highest BCUT2D eigenvalue weighted by molar-refractivity contribution is 6.30. The van der Waals surface area contributed by atoms with Crippen LogP contribution in [0.15, 0.2) is 24.8 Å². The second-order valence-corrected chi connectivity index (χ2v) is 5.31. The molecular formula is C14H18ClN. The summed E-state index contributed by atoms with van der Waals surface area (Å²) >= 11 is 6.17. The van der Waals surface area contributed by atoms with Gasteiger partial charge in [-0.15, -0.1) is 0 Å². The van der Waals surface area contributed by atoms with Crippen LogP contribution in [0.25, 0.3) is 5.57 Å². The number of hydrogen-bond acceptors (Lipinski definition) is 1. The van der Waals surface area contributed by atoms with Crippen molar-refractivity contribution in [2.75, 3.05) is 6.54 Å². The second-order valence-electron chi connectivity index (χ2n) is 4.87. The Kier molecular flexibility index (Phi) is 3.09. The lowest BCUT2D eigenvalue weighted by atomic mass is 9.89. The van der Waals surface area contributed by atoms with Gasteiger partial charge in [0.15, 0.2) is 0 Å². The molecule has 2 heteroatoms. The number of benzene rings is 1. The minimum atomic E-state index is 0.0785. The van der Waals surface area contributed by atoms with E-state index in [4.69, 9.17) is 11.6 Å². The standard InChI is InChI=1S/C14H18ClN/c1-10(2)11-7-12(9-13(15)8-11)14(3)5-4-6-16-14/h7-9,16H,1,4-6H2,2-3H3. The maximum atomic E-state index is 6.17. The summed E-state index contributed by atoms with van der Waals surface area (Å²) in [5, 5.41) is 4.35. The Labute approximate surface area is 103 Å². The number of hydrogen-bond donors (Lipinski definition) is 1. The molecule has 1 aliphatic rings. The van der Waals surface area contributed by atoms with Crippen molar-refractivity contribution in [1.29, 1.82) is 0 Å². The highest BCUT2D eigenvalue weighted by Crippen LogP contribution is 2.33. The Morgan fingerprint density at radius 3 is 2.75 bits per heavy atom. The van der Waals surface area contributed by atoms with Gasteiger partial charge in [0.05, 0.1) is 0 Å². The van der Waals surface area contributed by atoms with Crippen LogP contribution in [-0.2, 0) is 5.54 Å². The Morgan fingerprint density at radius 1 is 1.44 bits per heavy atom. The fraction of sp³-hybridized carbons (Fsp3) is 0.429. The van der Waals surface area contributed by atoms with Crippen molar-refractivity contribution in [3.8, 4) is 0 Å². The first-order chi connectivity index (χ1) is 7.51. The van der Waals surface area contributed by atoms with Crippen LogP contribution in [0.2, 0.25) is 5.02 Å². The molecule has 0 spiro atoms. The van der Waals surface area contributed by atoms with Crippen molar-refractivity contribution in [3.63, 3.8) is 0 Å². The van der Waals surface area contributed by atoms with Gasteiger partial charge in [-0.3, -0.25) is 0 Å². The SMILES string of the molecule is C=C(C)c1cc(Cl)cc(C2(C)CCCN2)c1. The average molecular weight is 236 g/mol. The smallest absolute Gasteiger partial charge is 0.0415 e. The third kappa shape index (κ3) is 2.16. The highest BCUT2D eigenvalue weighted by Gasteiger charge is 2.30. The molecule has 1 aromatic rings. The quantitative estimate of drug-likeness (QED) is 0.818. The monoisotopic (exact) mass is 235 g/mol. The summed E-state index contributed by atoms with van der Waals surface area (Å²) in [6.07, 6.45) is 2.40. The van der Waals surface area contributed by atoms with Gasteiger partial charge in [0.1, 0.15) is 0 Å². The Morgan fingerprint density at radius 2 is 2.19 bits per heavy atom. The summed E-state index contributed by atoms with van der Waals surface area (Å²) in [6, 6.07) is 6.24. The van der Waals surface area contributed by atoms with E-state index in [2.05, 4.69) is 31.0 Å². The highest BCUT2D eigenvalue weighted by atomic mass is 35.5. The minimum Gasteiger partial charge on any atom is -0.308 e. The van der Waals surface area contributed by atoms with Gasteiger partial charge in [0.2, 0.25) is 0 Å². The fourth-order valence-electron chi connectivity index (χ4n) is 2.30. The van der Waals surface area contributed by atoms with Crippen LogP contribution in [-0.4, -0.2) is 6.54 Å². The number of halogens is 1. The van der Waals surface area contributed by atoms with E-state index in [0.29, 0.717) is 0 Å². The molecule has 2 rings (SSSR count). The van der Waals surface area contributed by atoms with Gasteiger partial charge in [0.25, 0.3) is 0 Å². The van der Waals surface area contributed by atoms with Gasteiger partial charge < -0.3 is 5.32 Å². The first-order valence-electron chi connectivity index (χ1n) is 5.73. The zero-order chi connectivity index (χ0) is 11.8. The third-order valence-corrected chi connectivity index (χ3v) is 3.61. The van der Waals surface area contributed by atoms with Gasteiger partial charge in [0, 0.05) is 10.6 Å². The van der Waals surface area contributed by atoms with Crippen molar-refractivity contribution in [2.24, 2.45) is 0 Å². The average Bonchev–Trinajstić information content (AvgIpc) is 2.65. The van der Waals surface area contributed by atoms with Crippen LogP contribution in [0.1, 0.15) is 37.8 Å². The van der Waals surface area contributed by atoms with Crippen molar-refractivity contribution < 1.29 is 0 Å². The third-order valence-electron chi connectivity index (χ3n) is 3.40. The maximum Gasteiger partial charge on any atom is 0.0415 e. The van der Waals surface area contributed by atoms with E-state index in [1.807, 2.05) is 13.0 Å². The summed E-state index contributed by atoms with van der Waals surface area (Å²) in [5.41, 5.74) is 3.55. The lowest BCUT2D eigenvalue weighted by Crippen LogP contribution is -2.33. The molecule has 1 nitrogen and oxygen atoms in total. The van der Waals surface area contributed by atoms with E-state index in [1.54, 1.807) is 0 Å². The summed E-state index contributed by atoms with van der Waals surface area (Å²) in [7, 11) is 0. The molecule has 16 heavy (non-hydrogen) atoms. The largest absolute Gasteiger partial charge is 0.308 e. The van der Waals surface area contributed by atoms with Gasteiger partial charge in [-0.1, -0.05) is 23.8 Å². The first-order valence-corrected chi connectivity index (χ1v) is 6.11. The summed E-state index contributed by atoms with van der Waals surface area (Å²) in [5.74, 6) is 0. The molecule has 0 aromatic heterocycles. The van der Waals surface area contributed by atoms with Crippen LogP contribution >= 0.6 is 11.6 Å². The molecule has 1 saturated heterocycles. The molecule has 0 saturated carbocycles. The normalized spacial score (nSPS) is 24.7. The van der Waals surface area contributed by atoms with Crippen molar-refractivity contribution in [1.82, 2.24) is 5.32 Å². The van der Waals surface area contributed by atoms with E-state index in [9.17, 15) is 0 Å². The predicted octanol–water partition coefficient (Wildman–Crippen LogP) is 3.97. The van der Waals surface area contributed by atoms with E-state index in [-0.39, 0.29) is 5.54 Å². The Bertz CT molecular complexity index is 417. The van der Waals surface area contributed by atoms with E-state index in [0.717, 1.165) is 22.7 Å². The molecule has 86 valence electrons. The van der Waals surface area contributed by atoms with E-state index < -0.39 is 0 Å². The maximum absolute atomic E-state index is 6.17. The Balaban J connectivity index is 2.44. The van der Waals surface area contributed by atoms with Crippen LogP contribution in [0.3, 0.4) is 0 Å². The molecule has 1 unspecified atom stereocenters. The fourth-order valence-corrected chi connectivity index (χ4v) is 2.53. The molecule has 0 bridgehead atoms. The summed E-state index contributed by atoms with van der Waals surface area (Å²) in [6.45, 7) is 9.32. The predicted molar refractivity (Wildman–Crippen MR) is 70.7 cm³/mol. The zero-order valence-electron chi connectivity index (χ0n) is 9.94. The van der Waals surface area contributed by atoms with Crippen LogP contribution in [0.4, 0.5) is 0 Å². The molecule has 0 aliphatic carbocycles. The van der Waals surface area contributed by atoms with Crippen molar-refractivity contribution in [2.45, 2.75) is 32.2 Å². The molecule has 1 atom stereocenters. The van der Waals surface area contributed by atoms with Gasteiger partial charge >= 0.3 is 0 Å². The van der Waals surface area contributed by atoms with Gasteiger partial charge in [-0.2, -0.15) is 0 Å². The second kappa shape index (κ2) is 4.23. The van der Waals surface area contributed by atoms with Crippen LogP contribution in [0.5, 0.6) is 0 Å². The first kappa shape index (κ1) is 11.7. The van der Waals surface area contributed by atoms with Crippen molar-refractivity contribution >= 4 is 17.2 Å². The number of allylic oxidation sites excluding steroid dienone is 1. The summed E-state index contributed by atoms with van der Waals surface area (Å²) < 4.78 is 0. The van der Waals surface area contributed by atoms with E-state index in [1.165, 1.54) is 18.4 Å². The molecule has 1 heterocycles. The van der Waals surface area contributed by atoms with Gasteiger partial charge in [-0.25, -0.2) is 0 Å². The van der Waals surface area contributed by atoms with Crippen LogP contribution < -0.4 is 5.32 Å². The molecule has 1 N–H and O–H groups in total. The molecule has 1 fully saturated rings. The lowest BCUT2D eigenvalue weighted by Gasteiger charge is -2.26. The molecule has 0 amide bonds. The number of rotatable bonds is 2. The zero-order valence-corrected chi connectivity index (χ0v) is 10.7.